The number of anilines is 1. The van der Waals surface area contributed by atoms with Gasteiger partial charge < -0.3 is 15.0 Å². The summed E-state index contributed by atoms with van der Waals surface area (Å²) in [6, 6.07) is 7.89. The van der Waals surface area contributed by atoms with Crippen LogP contribution in [-0.4, -0.2) is 11.8 Å². The highest BCUT2D eigenvalue weighted by atomic mass is 16.5. The van der Waals surface area contributed by atoms with E-state index in [2.05, 4.69) is 25.9 Å². The molecule has 108 valence electrons. The molecule has 0 bridgehead atoms. The lowest BCUT2D eigenvalue weighted by Gasteiger charge is -2.08. The van der Waals surface area contributed by atoms with E-state index in [0.29, 0.717) is 18.4 Å². The summed E-state index contributed by atoms with van der Waals surface area (Å²) in [4.78, 5) is 0. The zero-order valence-electron chi connectivity index (χ0n) is 12.3. The van der Waals surface area contributed by atoms with Crippen molar-refractivity contribution in [1.29, 1.82) is 0 Å². The Hall–Kier alpha value is -1.97. The molecule has 0 saturated carbocycles. The lowest BCUT2D eigenvalue weighted by Crippen LogP contribution is -1.99. The molecule has 0 saturated heterocycles. The average Bonchev–Trinajstić information content (AvgIpc) is 2.78. The summed E-state index contributed by atoms with van der Waals surface area (Å²) in [6.07, 6.45) is 1.84. The monoisotopic (exact) mass is 274 g/mol. The molecule has 0 fully saturated rings. The second kappa shape index (κ2) is 6.46. The molecule has 4 nitrogen and oxygen atoms in total. The summed E-state index contributed by atoms with van der Waals surface area (Å²) in [6.45, 7) is 7.10. The van der Waals surface area contributed by atoms with Gasteiger partial charge in [0.15, 0.2) is 0 Å². The topological polar surface area (TPSA) is 61.3 Å². The van der Waals surface area contributed by atoms with Gasteiger partial charge in [0.05, 0.1) is 6.61 Å². The molecule has 1 aromatic heterocycles. The molecule has 1 aromatic carbocycles. The molecule has 0 spiro atoms. The van der Waals surface area contributed by atoms with E-state index in [1.54, 1.807) is 0 Å². The minimum absolute atomic E-state index is 0.411. The lowest BCUT2D eigenvalue weighted by atomic mass is 9.99. The predicted molar refractivity (Wildman–Crippen MR) is 80.7 cm³/mol. The predicted octanol–water partition coefficient (Wildman–Crippen LogP) is 3.91. The number of hydrogen-bond donors (Lipinski definition) is 1. The van der Waals surface area contributed by atoms with Crippen LogP contribution in [0.2, 0.25) is 0 Å². The summed E-state index contributed by atoms with van der Waals surface area (Å²) in [5.74, 6) is 1.75. The minimum atomic E-state index is 0.411. The van der Waals surface area contributed by atoms with E-state index in [9.17, 15) is 0 Å². The van der Waals surface area contributed by atoms with Gasteiger partial charge in [-0.3, -0.25) is 0 Å². The summed E-state index contributed by atoms with van der Waals surface area (Å²) >= 11 is 0. The van der Waals surface area contributed by atoms with Crippen LogP contribution in [0.4, 0.5) is 5.88 Å². The zero-order valence-corrected chi connectivity index (χ0v) is 12.3. The number of benzene rings is 1. The molecule has 20 heavy (non-hydrogen) atoms. The fourth-order valence-electron chi connectivity index (χ4n) is 2.11. The zero-order chi connectivity index (χ0) is 14.5. The molecule has 2 rings (SSSR count). The third kappa shape index (κ3) is 3.32. The quantitative estimate of drug-likeness (QED) is 0.867. The molecule has 0 aliphatic rings. The maximum absolute atomic E-state index is 5.88. The van der Waals surface area contributed by atoms with E-state index in [-0.39, 0.29) is 0 Å². The van der Waals surface area contributed by atoms with Crippen LogP contribution in [0.15, 0.2) is 28.8 Å². The first-order valence-corrected chi connectivity index (χ1v) is 7.09. The molecule has 0 aliphatic heterocycles. The van der Waals surface area contributed by atoms with Crippen LogP contribution in [0, 0.1) is 5.92 Å². The van der Waals surface area contributed by atoms with Gasteiger partial charge >= 0.3 is 0 Å². The van der Waals surface area contributed by atoms with Crippen LogP contribution in [-0.2, 0) is 6.42 Å². The largest absolute Gasteiger partial charge is 0.494 e. The fraction of sp³-hybridized carbons (Fsp3) is 0.438. The van der Waals surface area contributed by atoms with Crippen LogP contribution < -0.4 is 10.5 Å². The van der Waals surface area contributed by atoms with E-state index in [0.717, 1.165) is 35.4 Å². The SMILES string of the molecule is CCCOc1cccc(-c2noc(N)c2CC(C)C)c1. The number of nitrogen functional groups attached to an aromatic ring is 1. The van der Waals surface area contributed by atoms with Gasteiger partial charge in [-0.05, 0) is 30.9 Å². The number of hydrogen-bond acceptors (Lipinski definition) is 4. The summed E-state index contributed by atoms with van der Waals surface area (Å²) < 4.78 is 10.8. The maximum atomic E-state index is 5.88. The van der Waals surface area contributed by atoms with Crippen molar-refractivity contribution in [2.45, 2.75) is 33.6 Å². The van der Waals surface area contributed by atoms with Crippen LogP contribution >= 0.6 is 0 Å². The van der Waals surface area contributed by atoms with E-state index in [1.807, 2.05) is 24.3 Å². The number of nitrogens with two attached hydrogens (primary N) is 1. The van der Waals surface area contributed by atoms with Crippen LogP contribution in [0.25, 0.3) is 11.3 Å². The average molecular weight is 274 g/mol. The van der Waals surface area contributed by atoms with Crippen LogP contribution in [0.3, 0.4) is 0 Å². The van der Waals surface area contributed by atoms with Gasteiger partial charge in [-0.25, -0.2) is 0 Å². The Morgan fingerprint density at radius 3 is 2.85 bits per heavy atom. The first kappa shape index (κ1) is 14.4. The Kier molecular flexibility index (Phi) is 4.66. The van der Waals surface area contributed by atoms with E-state index >= 15 is 0 Å². The molecule has 1 heterocycles. The molecule has 0 atom stereocenters. The van der Waals surface area contributed by atoms with Crippen molar-refractivity contribution in [2.24, 2.45) is 5.92 Å². The van der Waals surface area contributed by atoms with Crippen molar-refractivity contribution in [3.8, 4) is 17.0 Å². The fourth-order valence-corrected chi connectivity index (χ4v) is 2.11. The van der Waals surface area contributed by atoms with Crippen molar-refractivity contribution in [1.82, 2.24) is 5.16 Å². The van der Waals surface area contributed by atoms with Gasteiger partial charge in [-0.15, -0.1) is 0 Å². The third-order valence-electron chi connectivity index (χ3n) is 3.01. The van der Waals surface area contributed by atoms with E-state index in [1.165, 1.54) is 0 Å². The van der Waals surface area contributed by atoms with Crippen molar-refractivity contribution >= 4 is 5.88 Å². The molecule has 4 heteroatoms. The first-order valence-electron chi connectivity index (χ1n) is 7.09. The van der Waals surface area contributed by atoms with Gasteiger partial charge in [-0.1, -0.05) is 38.1 Å². The summed E-state index contributed by atoms with van der Waals surface area (Å²) in [5, 5.41) is 4.10. The molecule has 0 radical (unpaired) electrons. The summed E-state index contributed by atoms with van der Waals surface area (Å²) in [5.41, 5.74) is 8.66. The van der Waals surface area contributed by atoms with Gasteiger partial charge in [0.1, 0.15) is 11.4 Å². The summed E-state index contributed by atoms with van der Waals surface area (Å²) in [7, 11) is 0. The second-order valence-corrected chi connectivity index (χ2v) is 5.35. The van der Waals surface area contributed by atoms with Gasteiger partial charge in [0.25, 0.3) is 0 Å². The number of aromatic nitrogens is 1. The van der Waals surface area contributed by atoms with Crippen LogP contribution in [0.5, 0.6) is 5.75 Å². The number of rotatable bonds is 6. The normalized spacial score (nSPS) is 11.0. The van der Waals surface area contributed by atoms with Crippen molar-refractivity contribution in [3.63, 3.8) is 0 Å². The Morgan fingerprint density at radius 1 is 1.35 bits per heavy atom. The molecule has 2 N–H and O–H groups in total. The minimum Gasteiger partial charge on any atom is -0.494 e. The van der Waals surface area contributed by atoms with Crippen molar-refractivity contribution in [3.05, 3.63) is 29.8 Å². The number of nitrogens with zero attached hydrogens (tertiary/aromatic N) is 1. The smallest absolute Gasteiger partial charge is 0.225 e. The maximum Gasteiger partial charge on any atom is 0.225 e. The molecular weight excluding hydrogens is 252 g/mol. The molecule has 2 aromatic rings. The van der Waals surface area contributed by atoms with Gasteiger partial charge in [0, 0.05) is 11.1 Å². The van der Waals surface area contributed by atoms with Crippen molar-refractivity contribution < 1.29 is 9.26 Å². The molecule has 0 aliphatic carbocycles. The molecule has 0 unspecified atom stereocenters. The van der Waals surface area contributed by atoms with Gasteiger partial charge in [-0.2, -0.15) is 0 Å². The highest BCUT2D eigenvalue weighted by Crippen LogP contribution is 2.31. The lowest BCUT2D eigenvalue weighted by molar-refractivity contribution is 0.317. The van der Waals surface area contributed by atoms with E-state index < -0.39 is 0 Å². The highest BCUT2D eigenvalue weighted by molar-refractivity contribution is 5.68. The van der Waals surface area contributed by atoms with Gasteiger partial charge in [0.2, 0.25) is 5.88 Å². The standard InChI is InChI=1S/C16H22N2O2/c1-4-8-19-13-7-5-6-12(10-13)15-14(9-11(2)3)16(17)20-18-15/h5-7,10-11H,4,8-9,17H2,1-3H3. The van der Waals surface area contributed by atoms with Crippen molar-refractivity contribution in [2.75, 3.05) is 12.3 Å². The Bertz CT molecular complexity index is 561. The first-order chi connectivity index (χ1) is 9.61. The van der Waals surface area contributed by atoms with E-state index in [4.69, 9.17) is 15.0 Å². The molecule has 0 amide bonds. The van der Waals surface area contributed by atoms with Crippen LogP contribution in [0.1, 0.15) is 32.8 Å². The third-order valence-corrected chi connectivity index (χ3v) is 3.01. The highest BCUT2D eigenvalue weighted by Gasteiger charge is 2.16. The Labute approximate surface area is 119 Å². The second-order valence-electron chi connectivity index (χ2n) is 5.35. The number of ether oxygens (including phenoxy) is 1. The molecular formula is C16H22N2O2. The Balaban J connectivity index is 2.31. The Morgan fingerprint density at radius 2 is 2.15 bits per heavy atom.